The summed E-state index contributed by atoms with van der Waals surface area (Å²) in [4.78, 5) is 11.4. The zero-order chi connectivity index (χ0) is 15.0. The number of ether oxygens (including phenoxy) is 1. The fourth-order valence-electron chi connectivity index (χ4n) is 1.37. The molecule has 1 aromatic carbocycles. The van der Waals surface area contributed by atoms with E-state index in [4.69, 9.17) is 4.74 Å². The molecule has 1 rings (SSSR count). The molecule has 0 bridgehead atoms. The van der Waals surface area contributed by atoms with Gasteiger partial charge in [0.2, 0.25) is 0 Å². The third kappa shape index (κ3) is 5.30. The Bertz CT molecular complexity index is 599. The number of allylic oxidation sites excluding steroid dienone is 1. The largest absolute Gasteiger partial charge is 0.449 e. The lowest BCUT2D eigenvalue weighted by molar-refractivity contribution is 0.151. The molecule has 108 valence electrons. The van der Waals surface area contributed by atoms with Gasteiger partial charge in [0.15, 0.2) is 0 Å². The van der Waals surface area contributed by atoms with Crippen LogP contribution in [0.5, 0.6) is 0 Å². The minimum Gasteiger partial charge on any atom is -0.449 e. The van der Waals surface area contributed by atoms with Crippen LogP contribution in [0.2, 0.25) is 0 Å². The topological polar surface area (TPSA) is 72.5 Å². The van der Waals surface area contributed by atoms with Crippen LogP contribution in [0.15, 0.2) is 47.5 Å². The highest BCUT2D eigenvalue weighted by atomic mass is 32.2. The minimum atomic E-state index is -3.88. The molecule has 5 nitrogen and oxygen atoms in total. The highest BCUT2D eigenvalue weighted by Crippen LogP contribution is 2.09. The van der Waals surface area contributed by atoms with Crippen LogP contribution in [0.1, 0.15) is 18.4 Å². The summed E-state index contributed by atoms with van der Waals surface area (Å²) < 4.78 is 30.3. The lowest BCUT2D eigenvalue weighted by Crippen LogP contribution is -2.31. The molecule has 0 radical (unpaired) electrons. The van der Waals surface area contributed by atoms with Crippen molar-refractivity contribution in [2.75, 3.05) is 6.61 Å². The molecule has 1 aromatic rings. The van der Waals surface area contributed by atoms with Gasteiger partial charge in [0, 0.05) is 0 Å². The molecule has 0 saturated heterocycles. The first-order valence-electron chi connectivity index (χ1n) is 6.06. The molecule has 0 spiro atoms. The molecule has 0 atom stereocenters. The second-order valence-corrected chi connectivity index (χ2v) is 5.79. The monoisotopic (exact) mass is 295 g/mol. The normalized spacial score (nSPS) is 10.4. The number of carbonyl (C=O) groups is 1. The Labute approximate surface area is 119 Å². The standard InChI is InChI=1S/C14H17NO4S/c1-3-4-5-6-11-19-14(16)15-20(17,18)13-9-7-12(2)8-10-13/h4,7-10H,1,5-6,11H2,2H3,(H,15,16). The van der Waals surface area contributed by atoms with Crippen molar-refractivity contribution < 1.29 is 17.9 Å². The molecule has 0 aliphatic carbocycles. The molecular weight excluding hydrogens is 278 g/mol. The molecule has 0 aliphatic heterocycles. The summed E-state index contributed by atoms with van der Waals surface area (Å²) in [5.41, 5.74) is 3.53. The number of hydrogen-bond donors (Lipinski definition) is 1. The van der Waals surface area contributed by atoms with Gasteiger partial charge in [-0.3, -0.25) is 0 Å². The van der Waals surface area contributed by atoms with E-state index in [0.29, 0.717) is 12.8 Å². The van der Waals surface area contributed by atoms with Crippen LogP contribution in [0, 0.1) is 6.92 Å². The number of aryl methyl sites for hydroxylation is 1. The first kappa shape index (κ1) is 16.0. The summed E-state index contributed by atoms with van der Waals surface area (Å²) in [6.07, 6.45) is 1.99. The predicted octanol–water partition coefficient (Wildman–Crippen LogP) is 2.53. The average molecular weight is 295 g/mol. The van der Waals surface area contributed by atoms with Crippen molar-refractivity contribution in [2.45, 2.75) is 24.7 Å². The van der Waals surface area contributed by atoms with Gasteiger partial charge in [-0.25, -0.2) is 17.9 Å². The average Bonchev–Trinajstić information content (AvgIpc) is 2.38. The highest BCUT2D eigenvalue weighted by molar-refractivity contribution is 7.90. The molecule has 20 heavy (non-hydrogen) atoms. The molecule has 0 unspecified atom stereocenters. The van der Waals surface area contributed by atoms with E-state index in [1.54, 1.807) is 18.2 Å². The van der Waals surface area contributed by atoms with Crippen molar-refractivity contribution in [1.82, 2.24) is 4.72 Å². The Morgan fingerprint density at radius 3 is 2.65 bits per heavy atom. The van der Waals surface area contributed by atoms with Gasteiger partial charge in [0.1, 0.15) is 0 Å². The van der Waals surface area contributed by atoms with Crippen molar-refractivity contribution in [3.8, 4) is 0 Å². The zero-order valence-electron chi connectivity index (χ0n) is 11.3. The van der Waals surface area contributed by atoms with Crippen LogP contribution in [0.25, 0.3) is 0 Å². The Hall–Kier alpha value is -2.04. The molecule has 0 aliphatic rings. The van der Waals surface area contributed by atoms with Gasteiger partial charge in [0.25, 0.3) is 10.0 Å². The number of nitrogens with one attached hydrogen (secondary N) is 1. The van der Waals surface area contributed by atoms with E-state index in [0.717, 1.165) is 5.56 Å². The predicted molar refractivity (Wildman–Crippen MR) is 75.8 cm³/mol. The summed E-state index contributed by atoms with van der Waals surface area (Å²) in [5, 5.41) is 0. The quantitative estimate of drug-likeness (QED) is 0.646. The Kier molecular flexibility index (Phi) is 6.03. The third-order valence-electron chi connectivity index (χ3n) is 2.42. The maximum absolute atomic E-state index is 11.9. The fourth-order valence-corrected chi connectivity index (χ4v) is 2.26. The van der Waals surface area contributed by atoms with E-state index in [9.17, 15) is 13.2 Å². The van der Waals surface area contributed by atoms with Gasteiger partial charge in [-0.05, 0) is 38.0 Å². The lowest BCUT2D eigenvalue weighted by Gasteiger charge is -2.07. The summed E-state index contributed by atoms with van der Waals surface area (Å²) in [7, 11) is -3.88. The highest BCUT2D eigenvalue weighted by Gasteiger charge is 2.17. The van der Waals surface area contributed by atoms with Gasteiger partial charge in [0.05, 0.1) is 11.5 Å². The number of rotatable bonds is 6. The number of unbranched alkanes of at least 4 members (excludes halogenated alkanes) is 1. The number of sulfonamides is 1. The van der Waals surface area contributed by atoms with Gasteiger partial charge < -0.3 is 4.74 Å². The molecule has 1 N–H and O–H groups in total. The second kappa shape index (κ2) is 7.53. The number of carbonyl (C=O) groups excluding carboxylic acids is 1. The number of amides is 1. The van der Waals surface area contributed by atoms with E-state index in [1.807, 2.05) is 11.6 Å². The van der Waals surface area contributed by atoms with Gasteiger partial charge in [-0.15, -0.1) is 5.73 Å². The first-order valence-corrected chi connectivity index (χ1v) is 7.54. The maximum atomic E-state index is 11.9. The summed E-state index contributed by atoms with van der Waals surface area (Å²) in [6, 6.07) is 6.17. The van der Waals surface area contributed by atoms with E-state index in [1.165, 1.54) is 12.1 Å². The minimum absolute atomic E-state index is 0.0228. The van der Waals surface area contributed by atoms with Crippen LogP contribution in [0.3, 0.4) is 0 Å². The molecule has 0 aromatic heterocycles. The summed E-state index contributed by atoms with van der Waals surface area (Å²) >= 11 is 0. The molecule has 6 heteroatoms. The third-order valence-corrected chi connectivity index (χ3v) is 3.75. The fraction of sp³-hybridized carbons (Fsp3) is 0.286. The van der Waals surface area contributed by atoms with Crippen LogP contribution in [-0.2, 0) is 14.8 Å². The van der Waals surface area contributed by atoms with Crippen LogP contribution in [-0.4, -0.2) is 21.1 Å². The molecule has 0 fully saturated rings. The SMILES string of the molecule is C=C=CCCCOC(=O)NS(=O)(=O)c1ccc(C)cc1. The van der Waals surface area contributed by atoms with Crippen LogP contribution < -0.4 is 4.72 Å². The molecule has 1 amide bonds. The van der Waals surface area contributed by atoms with Crippen molar-refractivity contribution in [3.63, 3.8) is 0 Å². The molecule has 0 saturated carbocycles. The second-order valence-electron chi connectivity index (χ2n) is 4.10. The van der Waals surface area contributed by atoms with Crippen LogP contribution in [0.4, 0.5) is 4.79 Å². The Morgan fingerprint density at radius 2 is 2.05 bits per heavy atom. The maximum Gasteiger partial charge on any atom is 0.421 e. The lowest BCUT2D eigenvalue weighted by atomic mass is 10.2. The number of benzene rings is 1. The number of hydrogen-bond acceptors (Lipinski definition) is 4. The van der Waals surface area contributed by atoms with E-state index < -0.39 is 16.1 Å². The zero-order valence-corrected chi connectivity index (χ0v) is 12.1. The molecular formula is C14H17NO4S. The van der Waals surface area contributed by atoms with Gasteiger partial charge in [-0.1, -0.05) is 24.3 Å². The first-order chi connectivity index (χ1) is 9.45. The van der Waals surface area contributed by atoms with E-state index in [2.05, 4.69) is 12.3 Å². The Balaban J connectivity index is 2.51. The van der Waals surface area contributed by atoms with Gasteiger partial charge >= 0.3 is 6.09 Å². The summed E-state index contributed by atoms with van der Waals surface area (Å²) in [5.74, 6) is 0. The van der Waals surface area contributed by atoms with Crippen molar-refractivity contribution >= 4 is 16.1 Å². The van der Waals surface area contributed by atoms with Crippen LogP contribution >= 0.6 is 0 Å². The van der Waals surface area contributed by atoms with Crippen molar-refractivity contribution in [2.24, 2.45) is 0 Å². The smallest absolute Gasteiger partial charge is 0.421 e. The van der Waals surface area contributed by atoms with E-state index >= 15 is 0 Å². The van der Waals surface area contributed by atoms with Crippen molar-refractivity contribution in [1.29, 1.82) is 0 Å². The van der Waals surface area contributed by atoms with E-state index in [-0.39, 0.29) is 11.5 Å². The Morgan fingerprint density at radius 1 is 1.40 bits per heavy atom. The van der Waals surface area contributed by atoms with Gasteiger partial charge in [-0.2, -0.15) is 0 Å². The summed E-state index contributed by atoms with van der Waals surface area (Å²) in [6.45, 7) is 5.38. The van der Waals surface area contributed by atoms with Crippen molar-refractivity contribution in [3.05, 3.63) is 48.2 Å². The molecule has 0 heterocycles.